The molecule has 1 unspecified atom stereocenters. The van der Waals surface area contributed by atoms with Crippen LogP contribution in [0.3, 0.4) is 0 Å². The molecule has 8 nitrogen and oxygen atoms in total. The van der Waals surface area contributed by atoms with E-state index in [-0.39, 0.29) is 6.04 Å². The first-order valence-corrected chi connectivity index (χ1v) is 14.5. The SMILES string of the molecule is COc1ccc(C2=NN(c3nc(-c4ccc(S(=O)(=O)N5CCCC5)cc4)cs3)C(c3ccco3)C2)cc1. The molecule has 0 N–H and O–H groups in total. The number of methoxy groups -OCH3 is 1. The fraction of sp³-hybridized carbons (Fsp3) is 0.259. The molecule has 1 saturated heterocycles. The van der Waals surface area contributed by atoms with Gasteiger partial charge in [-0.3, -0.25) is 0 Å². The second kappa shape index (κ2) is 9.77. The fourth-order valence-electron chi connectivity index (χ4n) is 4.72. The maximum atomic E-state index is 12.9. The van der Waals surface area contributed by atoms with Gasteiger partial charge in [0.05, 0.1) is 29.7 Å². The van der Waals surface area contributed by atoms with Crippen LogP contribution in [0.15, 0.2) is 86.7 Å². The van der Waals surface area contributed by atoms with E-state index in [0.717, 1.165) is 52.0 Å². The summed E-state index contributed by atoms with van der Waals surface area (Å²) in [6.45, 7) is 1.18. The summed E-state index contributed by atoms with van der Waals surface area (Å²) in [4.78, 5) is 5.18. The Balaban J connectivity index is 1.28. The highest BCUT2D eigenvalue weighted by Crippen LogP contribution is 2.39. The summed E-state index contributed by atoms with van der Waals surface area (Å²) in [5.41, 5.74) is 3.59. The number of anilines is 1. The Labute approximate surface area is 219 Å². The maximum Gasteiger partial charge on any atom is 0.243 e. The lowest BCUT2D eigenvalue weighted by molar-refractivity contribution is 0.415. The molecule has 37 heavy (non-hydrogen) atoms. The molecular weight excluding hydrogens is 508 g/mol. The van der Waals surface area contributed by atoms with E-state index in [0.29, 0.717) is 24.4 Å². The first kappa shape index (κ1) is 23.9. The lowest BCUT2D eigenvalue weighted by Gasteiger charge is -2.18. The smallest absolute Gasteiger partial charge is 0.243 e. The van der Waals surface area contributed by atoms with Gasteiger partial charge >= 0.3 is 0 Å². The van der Waals surface area contributed by atoms with Crippen molar-refractivity contribution in [3.05, 3.63) is 83.6 Å². The summed E-state index contributed by atoms with van der Waals surface area (Å²) >= 11 is 1.50. The minimum atomic E-state index is -3.44. The summed E-state index contributed by atoms with van der Waals surface area (Å²) in [6.07, 6.45) is 4.18. The molecule has 0 radical (unpaired) electrons. The van der Waals surface area contributed by atoms with Gasteiger partial charge in [0.15, 0.2) is 0 Å². The number of thiazole rings is 1. The van der Waals surface area contributed by atoms with Crippen LogP contribution in [-0.2, 0) is 10.0 Å². The minimum absolute atomic E-state index is 0.112. The number of rotatable bonds is 7. The third-order valence-electron chi connectivity index (χ3n) is 6.75. The molecular formula is C27H26N4O4S2. The van der Waals surface area contributed by atoms with E-state index >= 15 is 0 Å². The molecule has 4 aromatic rings. The Morgan fingerprint density at radius 1 is 1.00 bits per heavy atom. The predicted molar refractivity (Wildman–Crippen MR) is 144 cm³/mol. The standard InChI is InChI=1S/C27H26N4O4S2/c1-34-21-10-6-19(7-11-21)23-17-25(26-5-4-16-35-26)31(29-23)27-28-24(18-36-27)20-8-12-22(13-9-20)37(32,33)30-14-2-3-15-30/h4-13,16,18,25H,2-3,14-15,17H2,1H3. The topological polar surface area (TPSA) is 88.2 Å². The van der Waals surface area contributed by atoms with Gasteiger partial charge in [0.1, 0.15) is 17.6 Å². The average Bonchev–Trinajstić information content (AvgIpc) is 3.75. The van der Waals surface area contributed by atoms with E-state index in [9.17, 15) is 8.42 Å². The fourth-order valence-corrected chi connectivity index (χ4v) is 7.07. The van der Waals surface area contributed by atoms with Gasteiger partial charge in [0.25, 0.3) is 0 Å². The Hall–Kier alpha value is -3.47. The molecule has 4 heterocycles. The number of sulfonamides is 1. The van der Waals surface area contributed by atoms with Crippen LogP contribution in [0.4, 0.5) is 5.13 Å². The minimum Gasteiger partial charge on any atom is -0.497 e. The van der Waals surface area contributed by atoms with Gasteiger partial charge in [-0.15, -0.1) is 11.3 Å². The molecule has 0 aliphatic carbocycles. The number of hydrazone groups is 1. The van der Waals surface area contributed by atoms with Crippen molar-refractivity contribution >= 4 is 32.2 Å². The van der Waals surface area contributed by atoms with Crippen molar-refractivity contribution in [2.75, 3.05) is 25.2 Å². The zero-order chi connectivity index (χ0) is 25.4. The van der Waals surface area contributed by atoms with Gasteiger partial charge in [-0.05, 0) is 66.9 Å². The molecule has 2 aliphatic rings. The molecule has 1 fully saturated rings. The van der Waals surface area contributed by atoms with Crippen LogP contribution in [0.2, 0.25) is 0 Å². The van der Waals surface area contributed by atoms with Gasteiger partial charge in [0.2, 0.25) is 15.2 Å². The molecule has 6 rings (SSSR count). The normalized spacial score (nSPS) is 18.4. The van der Waals surface area contributed by atoms with Crippen LogP contribution >= 0.6 is 11.3 Å². The van der Waals surface area contributed by atoms with Gasteiger partial charge in [-0.1, -0.05) is 12.1 Å². The number of aromatic nitrogens is 1. The van der Waals surface area contributed by atoms with Crippen LogP contribution in [0.25, 0.3) is 11.3 Å². The highest BCUT2D eigenvalue weighted by atomic mass is 32.2. The van der Waals surface area contributed by atoms with Crippen LogP contribution < -0.4 is 9.75 Å². The van der Waals surface area contributed by atoms with Crippen LogP contribution in [0, 0.1) is 0 Å². The van der Waals surface area contributed by atoms with E-state index in [1.54, 1.807) is 29.8 Å². The van der Waals surface area contributed by atoms with Crippen LogP contribution in [0.5, 0.6) is 5.75 Å². The van der Waals surface area contributed by atoms with E-state index in [1.807, 2.05) is 58.9 Å². The van der Waals surface area contributed by atoms with Crippen molar-refractivity contribution in [3.8, 4) is 17.0 Å². The average molecular weight is 535 g/mol. The Kier molecular flexibility index (Phi) is 6.31. The lowest BCUT2D eigenvalue weighted by atomic mass is 10.0. The van der Waals surface area contributed by atoms with Crippen molar-refractivity contribution in [2.24, 2.45) is 5.10 Å². The molecule has 1 atom stereocenters. The first-order valence-electron chi connectivity index (χ1n) is 12.1. The molecule has 2 aliphatic heterocycles. The van der Waals surface area contributed by atoms with Gasteiger partial charge < -0.3 is 9.15 Å². The highest BCUT2D eigenvalue weighted by Gasteiger charge is 2.33. The zero-order valence-electron chi connectivity index (χ0n) is 20.3. The quantitative estimate of drug-likeness (QED) is 0.309. The van der Waals surface area contributed by atoms with Gasteiger partial charge in [0, 0.05) is 30.5 Å². The summed E-state index contributed by atoms with van der Waals surface area (Å²) < 4.78 is 38.3. The van der Waals surface area contributed by atoms with Crippen molar-refractivity contribution in [3.63, 3.8) is 0 Å². The molecule has 190 valence electrons. The summed E-state index contributed by atoms with van der Waals surface area (Å²) in [5, 5.41) is 9.56. The zero-order valence-corrected chi connectivity index (χ0v) is 21.9. The van der Waals surface area contributed by atoms with Crippen molar-refractivity contribution < 1.29 is 17.6 Å². The second-order valence-electron chi connectivity index (χ2n) is 9.01. The van der Waals surface area contributed by atoms with Crippen LogP contribution in [0.1, 0.15) is 36.6 Å². The maximum absolute atomic E-state index is 12.9. The Bertz CT molecular complexity index is 1510. The number of benzene rings is 2. The summed E-state index contributed by atoms with van der Waals surface area (Å²) in [7, 11) is -1.79. The molecule has 10 heteroatoms. The first-order chi connectivity index (χ1) is 18.0. The monoisotopic (exact) mass is 534 g/mol. The number of hydrogen-bond donors (Lipinski definition) is 0. The third kappa shape index (κ3) is 4.56. The number of furan rings is 1. The van der Waals surface area contributed by atoms with Gasteiger partial charge in [-0.2, -0.15) is 9.41 Å². The van der Waals surface area contributed by atoms with E-state index < -0.39 is 10.0 Å². The largest absolute Gasteiger partial charge is 0.497 e. The van der Waals surface area contributed by atoms with E-state index in [1.165, 1.54) is 11.3 Å². The van der Waals surface area contributed by atoms with Crippen molar-refractivity contribution in [2.45, 2.75) is 30.2 Å². The molecule has 0 amide bonds. The lowest BCUT2D eigenvalue weighted by Crippen LogP contribution is -2.27. The number of hydrogen-bond acceptors (Lipinski definition) is 8. The highest BCUT2D eigenvalue weighted by molar-refractivity contribution is 7.89. The summed E-state index contributed by atoms with van der Waals surface area (Å²) in [5.74, 6) is 1.62. The number of ether oxygens (including phenoxy) is 1. The Morgan fingerprint density at radius 2 is 1.73 bits per heavy atom. The van der Waals surface area contributed by atoms with E-state index in [4.69, 9.17) is 19.2 Å². The number of nitrogens with zero attached hydrogens (tertiary/aromatic N) is 4. The molecule has 0 saturated carbocycles. The molecule has 0 bridgehead atoms. The molecule has 2 aromatic carbocycles. The third-order valence-corrected chi connectivity index (χ3v) is 9.49. The molecule has 0 spiro atoms. The van der Waals surface area contributed by atoms with Crippen LogP contribution in [-0.4, -0.2) is 43.6 Å². The van der Waals surface area contributed by atoms with Gasteiger partial charge in [-0.25, -0.2) is 18.4 Å². The second-order valence-corrected chi connectivity index (χ2v) is 11.8. The molecule has 2 aromatic heterocycles. The predicted octanol–water partition coefficient (Wildman–Crippen LogP) is 5.55. The van der Waals surface area contributed by atoms with Crippen molar-refractivity contribution in [1.29, 1.82) is 0 Å². The van der Waals surface area contributed by atoms with Crippen molar-refractivity contribution in [1.82, 2.24) is 9.29 Å². The Morgan fingerprint density at radius 3 is 2.41 bits per heavy atom. The summed E-state index contributed by atoms with van der Waals surface area (Å²) in [6, 6.07) is 18.6. The van der Waals surface area contributed by atoms with E-state index in [2.05, 4.69) is 0 Å².